The van der Waals surface area contributed by atoms with Crippen LogP contribution in [-0.2, 0) is 0 Å². The van der Waals surface area contributed by atoms with Crippen molar-refractivity contribution in [2.75, 3.05) is 14.2 Å². The molecule has 0 spiro atoms. The minimum Gasteiger partial charge on any atom is -0.493 e. The predicted molar refractivity (Wildman–Crippen MR) is 70.5 cm³/mol. The van der Waals surface area contributed by atoms with Gasteiger partial charge in [-0.25, -0.2) is 9.59 Å². The summed E-state index contributed by atoms with van der Waals surface area (Å²) in [5, 5.41) is 9.09. The van der Waals surface area contributed by atoms with Gasteiger partial charge in [-0.3, -0.25) is 0 Å². The zero-order chi connectivity index (χ0) is 14.7. The molecule has 6 nitrogen and oxygen atoms in total. The Labute approximate surface area is 114 Å². The maximum absolute atomic E-state index is 11.1. The van der Waals surface area contributed by atoms with Gasteiger partial charge < -0.3 is 19.0 Å². The number of ether oxygens (including phenoxy) is 2. The maximum Gasteiger partial charge on any atom is 0.372 e. The second-order valence-electron chi connectivity index (χ2n) is 3.87. The standard InChI is InChI=1S/C14H12O6/c1-18-10-5-3-8(7-11(10)19-2)9-4-6-12(15)20-13(9)14(16)17/h3-7H,1-2H3,(H,16,17). The molecule has 0 bridgehead atoms. The van der Waals surface area contributed by atoms with Gasteiger partial charge in [0.2, 0.25) is 5.76 Å². The fraction of sp³-hybridized carbons (Fsp3) is 0.143. The SMILES string of the molecule is COc1ccc(-c2ccc(=O)oc2C(=O)O)cc1OC. The van der Waals surface area contributed by atoms with E-state index in [0.717, 1.165) is 0 Å². The largest absolute Gasteiger partial charge is 0.493 e. The van der Waals surface area contributed by atoms with Crippen LogP contribution < -0.4 is 15.1 Å². The molecule has 0 atom stereocenters. The summed E-state index contributed by atoms with van der Waals surface area (Å²) in [4.78, 5) is 22.3. The molecular formula is C14H12O6. The lowest BCUT2D eigenvalue weighted by atomic mass is 10.0. The minimum atomic E-state index is -1.31. The number of methoxy groups -OCH3 is 2. The molecule has 2 rings (SSSR count). The van der Waals surface area contributed by atoms with Gasteiger partial charge in [-0.05, 0) is 23.8 Å². The van der Waals surface area contributed by atoms with E-state index in [1.807, 2.05) is 0 Å². The number of hydrogen-bond donors (Lipinski definition) is 1. The van der Waals surface area contributed by atoms with Crippen LogP contribution in [0.2, 0.25) is 0 Å². The van der Waals surface area contributed by atoms with Crippen LogP contribution in [0.1, 0.15) is 10.6 Å². The molecule has 104 valence electrons. The highest BCUT2D eigenvalue weighted by atomic mass is 16.5. The van der Waals surface area contributed by atoms with Crippen molar-refractivity contribution >= 4 is 5.97 Å². The third-order valence-electron chi connectivity index (χ3n) is 2.72. The molecule has 0 saturated heterocycles. The van der Waals surface area contributed by atoms with E-state index < -0.39 is 17.4 Å². The molecule has 0 unspecified atom stereocenters. The number of aromatic carboxylic acids is 1. The lowest BCUT2D eigenvalue weighted by Crippen LogP contribution is -2.06. The van der Waals surface area contributed by atoms with Crippen LogP contribution >= 0.6 is 0 Å². The maximum atomic E-state index is 11.1. The normalized spacial score (nSPS) is 10.1. The van der Waals surface area contributed by atoms with E-state index >= 15 is 0 Å². The first-order valence-corrected chi connectivity index (χ1v) is 5.66. The van der Waals surface area contributed by atoms with E-state index in [9.17, 15) is 9.59 Å². The van der Waals surface area contributed by atoms with Crippen LogP contribution in [0.5, 0.6) is 11.5 Å². The fourth-order valence-electron chi connectivity index (χ4n) is 1.81. The van der Waals surface area contributed by atoms with Crippen molar-refractivity contribution in [1.29, 1.82) is 0 Å². The van der Waals surface area contributed by atoms with Gasteiger partial charge in [-0.15, -0.1) is 0 Å². The van der Waals surface area contributed by atoms with Crippen molar-refractivity contribution < 1.29 is 23.8 Å². The zero-order valence-corrected chi connectivity index (χ0v) is 10.9. The van der Waals surface area contributed by atoms with Crippen molar-refractivity contribution in [3.05, 3.63) is 46.5 Å². The highest BCUT2D eigenvalue weighted by Gasteiger charge is 2.17. The van der Waals surface area contributed by atoms with Gasteiger partial charge in [0.15, 0.2) is 11.5 Å². The third kappa shape index (κ3) is 2.49. The van der Waals surface area contributed by atoms with Crippen molar-refractivity contribution in [3.8, 4) is 22.6 Å². The molecule has 1 aromatic heterocycles. The monoisotopic (exact) mass is 276 g/mol. The van der Waals surface area contributed by atoms with E-state index in [1.165, 1.54) is 26.4 Å². The Bertz CT molecular complexity index is 701. The summed E-state index contributed by atoms with van der Waals surface area (Å²) < 4.78 is 15.0. The number of carboxylic acid groups (broad SMARTS) is 1. The van der Waals surface area contributed by atoms with Gasteiger partial charge >= 0.3 is 11.6 Å². The number of rotatable bonds is 4. The van der Waals surface area contributed by atoms with Gasteiger partial charge in [0.05, 0.1) is 14.2 Å². The van der Waals surface area contributed by atoms with Crippen LogP contribution in [0.15, 0.2) is 39.5 Å². The molecule has 0 aliphatic heterocycles. The zero-order valence-electron chi connectivity index (χ0n) is 10.9. The molecule has 0 aliphatic carbocycles. The van der Waals surface area contributed by atoms with Crippen LogP contribution in [0.3, 0.4) is 0 Å². The molecule has 1 aromatic carbocycles. The Hall–Kier alpha value is -2.76. The lowest BCUT2D eigenvalue weighted by molar-refractivity contribution is 0.0658. The van der Waals surface area contributed by atoms with Crippen molar-refractivity contribution in [2.24, 2.45) is 0 Å². The Balaban J connectivity index is 2.62. The first kappa shape index (κ1) is 13.7. The summed E-state index contributed by atoms with van der Waals surface area (Å²) in [6.07, 6.45) is 0. The van der Waals surface area contributed by atoms with E-state index in [-0.39, 0.29) is 5.56 Å². The van der Waals surface area contributed by atoms with Crippen molar-refractivity contribution in [2.45, 2.75) is 0 Å². The second kappa shape index (κ2) is 5.48. The molecular weight excluding hydrogens is 264 g/mol. The molecule has 0 saturated carbocycles. The van der Waals surface area contributed by atoms with Crippen LogP contribution in [-0.4, -0.2) is 25.3 Å². The van der Waals surface area contributed by atoms with Gasteiger partial charge in [0.25, 0.3) is 0 Å². The highest BCUT2D eigenvalue weighted by molar-refractivity contribution is 5.93. The van der Waals surface area contributed by atoms with E-state index in [1.54, 1.807) is 18.2 Å². The number of hydrogen-bond acceptors (Lipinski definition) is 5. The Morgan fingerprint density at radius 2 is 1.80 bits per heavy atom. The first-order chi connectivity index (χ1) is 9.56. The Kier molecular flexibility index (Phi) is 3.74. The molecule has 20 heavy (non-hydrogen) atoms. The molecule has 0 radical (unpaired) electrons. The summed E-state index contributed by atoms with van der Waals surface area (Å²) in [6.45, 7) is 0. The van der Waals surface area contributed by atoms with Gasteiger partial charge in [-0.1, -0.05) is 6.07 Å². The number of carboxylic acids is 1. The highest BCUT2D eigenvalue weighted by Crippen LogP contribution is 2.33. The van der Waals surface area contributed by atoms with E-state index in [0.29, 0.717) is 17.1 Å². The van der Waals surface area contributed by atoms with E-state index in [2.05, 4.69) is 0 Å². The number of carbonyl (C=O) groups is 1. The van der Waals surface area contributed by atoms with Gasteiger partial charge in [0, 0.05) is 11.6 Å². The van der Waals surface area contributed by atoms with Gasteiger partial charge in [0.1, 0.15) is 0 Å². The molecule has 0 aliphatic rings. The van der Waals surface area contributed by atoms with E-state index in [4.69, 9.17) is 19.0 Å². The lowest BCUT2D eigenvalue weighted by Gasteiger charge is -2.10. The molecule has 1 N–H and O–H groups in total. The summed E-state index contributed by atoms with van der Waals surface area (Å²) in [5.74, 6) is -0.754. The predicted octanol–water partition coefficient (Wildman–Crippen LogP) is 2.02. The summed E-state index contributed by atoms with van der Waals surface area (Å²) in [7, 11) is 2.98. The smallest absolute Gasteiger partial charge is 0.372 e. The molecule has 0 amide bonds. The van der Waals surface area contributed by atoms with Crippen molar-refractivity contribution in [3.63, 3.8) is 0 Å². The summed E-state index contributed by atoms with van der Waals surface area (Å²) >= 11 is 0. The van der Waals surface area contributed by atoms with Crippen LogP contribution in [0.25, 0.3) is 11.1 Å². The molecule has 2 aromatic rings. The fourth-order valence-corrected chi connectivity index (χ4v) is 1.81. The quantitative estimate of drug-likeness (QED) is 0.919. The Morgan fingerprint density at radius 3 is 2.40 bits per heavy atom. The average molecular weight is 276 g/mol. The molecule has 0 fully saturated rings. The van der Waals surface area contributed by atoms with Crippen LogP contribution in [0, 0.1) is 0 Å². The number of benzene rings is 1. The second-order valence-corrected chi connectivity index (χ2v) is 3.87. The van der Waals surface area contributed by atoms with Gasteiger partial charge in [-0.2, -0.15) is 0 Å². The molecule has 1 heterocycles. The topological polar surface area (TPSA) is 86.0 Å². The average Bonchev–Trinajstić information content (AvgIpc) is 2.46. The van der Waals surface area contributed by atoms with Crippen molar-refractivity contribution in [1.82, 2.24) is 0 Å². The Morgan fingerprint density at radius 1 is 1.10 bits per heavy atom. The first-order valence-electron chi connectivity index (χ1n) is 5.66. The summed E-state index contributed by atoms with van der Waals surface area (Å²) in [6, 6.07) is 7.48. The third-order valence-corrected chi connectivity index (χ3v) is 2.72. The van der Waals surface area contributed by atoms with Crippen LogP contribution in [0.4, 0.5) is 0 Å². The summed E-state index contributed by atoms with van der Waals surface area (Å²) in [5.41, 5.74) is 0.119. The molecule has 6 heteroatoms. The minimum absolute atomic E-state index is 0.290.